The van der Waals surface area contributed by atoms with Crippen molar-refractivity contribution in [1.82, 2.24) is 19.2 Å². The van der Waals surface area contributed by atoms with Crippen LogP contribution in [0.4, 0.5) is 0 Å². The monoisotopic (exact) mass is 308 g/mol. The Balaban J connectivity index is 2.98. The number of likely N-dealkylation sites (N-methyl/N-ethyl adjacent to an activating group) is 1. The molecule has 8 heteroatoms. The average molecular weight is 309 g/mol. The van der Waals surface area contributed by atoms with Crippen molar-refractivity contribution in [2.24, 2.45) is 13.0 Å². The van der Waals surface area contributed by atoms with Gasteiger partial charge >= 0.3 is 0 Å². The number of rotatable bonds is 6. The van der Waals surface area contributed by atoms with Crippen LogP contribution >= 0.6 is 11.6 Å². The Morgan fingerprint density at radius 2 is 2.05 bits per heavy atom. The van der Waals surface area contributed by atoms with Crippen molar-refractivity contribution < 1.29 is 8.42 Å². The smallest absolute Gasteiger partial charge is 0.261 e. The number of nitrogens with one attached hydrogen (secondary N) is 1. The van der Waals surface area contributed by atoms with Crippen LogP contribution in [-0.2, 0) is 17.1 Å². The second-order valence-electron chi connectivity index (χ2n) is 5.19. The molecule has 0 aromatic carbocycles. The van der Waals surface area contributed by atoms with Gasteiger partial charge in [0.15, 0.2) is 0 Å². The highest BCUT2D eigenvalue weighted by Crippen LogP contribution is 2.19. The van der Waals surface area contributed by atoms with Gasteiger partial charge in [0.1, 0.15) is 5.15 Å². The molecule has 1 unspecified atom stereocenters. The number of aryl methyl sites for hydroxylation is 1. The van der Waals surface area contributed by atoms with Crippen molar-refractivity contribution >= 4 is 21.6 Å². The minimum absolute atomic E-state index is 0.111. The van der Waals surface area contributed by atoms with E-state index in [0.717, 1.165) is 0 Å². The summed E-state index contributed by atoms with van der Waals surface area (Å²) >= 11 is 5.93. The summed E-state index contributed by atoms with van der Waals surface area (Å²) in [7, 11) is 1.75. The van der Waals surface area contributed by atoms with E-state index in [1.165, 1.54) is 10.9 Å². The summed E-state index contributed by atoms with van der Waals surface area (Å²) < 4.78 is 28.7. The molecule has 1 atom stereocenters. The van der Waals surface area contributed by atoms with Gasteiger partial charge in [-0.2, -0.15) is 0 Å². The Labute approximate surface area is 119 Å². The number of aromatic nitrogens is 2. The number of hydrogen-bond donors (Lipinski definition) is 1. The molecule has 0 fully saturated rings. The largest absolute Gasteiger partial charge is 0.324 e. The highest BCUT2D eigenvalue weighted by atomic mass is 35.5. The third-order valence-electron chi connectivity index (χ3n) is 2.76. The summed E-state index contributed by atoms with van der Waals surface area (Å²) in [6.07, 6.45) is 1.38. The van der Waals surface area contributed by atoms with Gasteiger partial charge in [0.25, 0.3) is 10.0 Å². The van der Waals surface area contributed by atoms with Crippen molar-refractivity contribution in [3.8, 4) is 0 Å². The predicted molar refractivity (Wildman–Crippen MR) is 75.7 cm³/mol. The lowest BCUT2D eigenvalue weighted by Crippen LogP contribution is -2.45. The first-order valence-electron chi connectivity index (χ1n) is 5.99. The molecule has 1 rings (SSSR count). The van der Waals surface area contributed by atoms with Crippen molar-refractivity contribution in [3.63, 3.8) is 0 Å². The summed E-state index contributed by atoms with van der Waals surface area (Å²) in [6.45, 7) is 4.55. The lowest BCUT2D eigenvalue weighted by molar-refractivity contribution is 0.314. The molecule has 0 bridgehead atoms. The van der Waals surface area contributed by atoms with Gasteiger partial charge in [-0.15, -0.1) is 0 Å². The molecule has 0 saturated carbocycles. The van der Waals surface area contributed by atoms with Crippen LogP contribution in [0.1, 0.15) is 13.8 Å². The van der Waals surface area contributed by atoms with E-state index in [-0.39, 0.29) is 22.1 Å². The number of nitrogens with zero attached hydrogens (tertiary/aromatic N) is 3. The second kappa shape index (κ2) is 6.21. The standard InChI is InChI=1S/C11H21ClN4O2S/c1-8(2)9(6-15(3)4)14-19(17,18)11-10(12)16(5)7-13-11/h7-9,14H,6H2,1-5H3. The first-order valence-corrected chi connectivity index (χ1v) is 7.85. The Hall–Kier alpha value is -0.630. The minimum Gasteiger partial charge on any atom is -0.324 e. The lowest BCUT2D eigenvalue weighted by Gasteiger charge is -2.25. The maximum Gasteiger partial charge on any atom is 0.261 e. The van der Waals surface area contributed by atoms with E-state index < -0.39 is 10.0 Å². The molecule has 0 aliphatic heterocycles. The van der Waals surface area contributed by atoms with E-state index in [1.54, 1.807) is 7.05 Å². The Bertz CT molecular complexity index is 525. The van der Waals surface area contributed by atoms with E-state index in [9.17, 15) is 8.42 Å². The number of sulfonamides is 1. The predicted octanol–water partition coefficient (Wildman–Crippen LogP) is 0.938. The van der Waals surface area contributed by atoms with E-state index in [2.05, 4.69) is 9.71 Å². The highest BCUT2D eigenvalue weighted by Gasteiger charge is 2.27. The fourth-order valence-corrected chi connectivity index (χ4v) is 3.41. The lowest BCUT2D eigenvalue weighted by atomic mass is 10.1. The molecule has 0 spiro atoms. The Morgan fingerprint density at radius 1 is 1.47 bits per heavy atom. The van der Waals surface area contributed by atoms with Crippen molar-refractivity contribution in [2.75, 3.05) is 20.6 Å². The van der Waals surface area contributed by atoms with Gasteiger partial charge in [0.2, 0.25) is 5.03 Å². The Morgan fingerprint density at radius 3 is 2.42 bits per heavy atom. The van der Waals surface area contributed by atoms with E-state index >= 15 is 0 Å². The second-order valence-corrected chi connectivity index (χ2v) is 7.17. The fraction of sp³-hybridized carbons (Fsp3) is 0.727. The molecule has 0 saturated heterocycles. The van der Waals surface area contributed by atoms with Gasteiger partial charge in [-0.25, -0.2) is 18.1 Å². The van der Waals surface area contributed by atoms with Crippen LogP contribution in [0.15, 0.2) is 11.4 Å². The topological polar surface area (TPSA) is 67.2 Å². The van der Waals surface area contributed by atoms with E-state index in [1.807, 2.05) is 32.8 Å². The molecule has 6 nitrogen and oxygen atoms in total. The van der Waals surface area contributed by atoms with Crippen molar-refractivity contribution in [2.45, 2.75) is 24.9 Å². The third kappa shape index (κ3) is 4.17. The summed E-state index contributed by atoms with van der Waals surface area (Å²) in [5.74, 6) is 0.166. The van der Waals surface area contributed by atoms with Gasteiger partial charge in [-0.3, -0.25) is 0 Å². The SMILES string of the molecule is CC(C)C(CN(C)C)NS(=O)(=O)c1ncn(C)c1Cl. The molecule has 0 amide bonds. The van der Waals surface area contributed by atoms with Crippen LogP contribution < -0.4 is 4.72 Å². The van der Waals surface area contributed by atoms with Crippen LogP contribution in [0.5, 0.6) is 0 Å². The normalized spacial score (nSPS) is 14.3. The molecule has 110 valence electrons. The molecule has 1 aromatic heterocycles. The van der Waals surface area contributed by atoms with Crippen LogP contribution in [0.3, 0.4) is 0 Å². The van der Waals surface area contributed by atoms with Crippen LogP contribution in [-0.4, -0.2) is 49.6 Å². The molecule has 1 N–H and O–H groups in total. The molecule has 19 heavy (non-hydrogen) atoms. The van der Waals surface area contributed by atoms with Gasteiger partial charge in [-0.05, 0) is 20.0 Å². The molecule has 1 heterocycles. The molecule has 0 aliphatic rings. The quantitative estimate of drug-likeness (QED) is 0.849. The molecule has 1 aromatic rings. The average Bonchev–Trinajstić information content (AvgIpc) is 2.58. The first kappa shape index (κ1) is 16.4. The number of imidazole rings is 1. The van der Waals surface area contributed by atoms with Crippen LogP contribution in [0, 0.1) is 5.92 Å². The molecule has 0 radical (unpaired) electrons. The van der Waals surface area contributed by atoms with E-state index in [4.69, 9.17) is 11.6 Å². The van der Waals surface area contributed by atoms with Crippen molar-refractivity contribution in [3.05, 3.63) is 11.5 Å². The summed E-state index contributed by atoms with van der Waals surface area (Å²) in [6, 6.07) is -0.196. The maximum absolute atomic E-state index is 12.3. The number of halogens is 1. The van der Waals surface area contributed by atoms with Crippen LogP contribution in [0.2, 0.25) is 5.15 Å². The summed E-state index contributed by atoms with van der Waals surface area (Å²) in [5, 5.41) is -0.0130. The van der Waals surface area contributed by atoms with Gasteiger partial charge in [-0.1, -0.05) is 25.4 Å². The van der Waals surface area contributed by atoms with Gasteiger partial charge in [0, 0.05) is 19.6 Å². The third-order valence-corrected chi connectivity index (χ3v) is 4.74. The van der Waals surface area contributed by atoms with Gasteiger partial charge in [0.05, 0.1) is 6.33 Å². The fourth-order valence-electron chi connectivity index (χ4n) is 1.61. The maximum atomic E-state index is 12.3. The van der Waals surface area contributed by atoms with E-state index in [0.29, 0.717) is 6.54 Å². The molecule has 0 aliphatic carbocycles. The van der Waals surface area contributed by atoms with Crippen molar-refractivity contribution in [1.29, 1.82) is 0 Å². The van der Waals surface area contributed by atoms with Gasteiger partial charge < -0.3 is 9.47 Å². The Kier molecular flexibility index (Phi) is 5.37. The number of hydrogen-bond acceptors (Lipinski definition) is 4. The zero-order valence-electron chi connectivity index (χ0n) is 11.9. The summed E-state index contributed by atoms with van der Waals surface area (Å²) in [5.41, 5.74) is 0. The molecular formula is C11H21ClN4O2S. The zero-order valence-corrected chi connectivity index (χ0v) is 13.5. The minimum atomic E-state index is -3.70. The first-order chi connectivity index (χ1) is 8.65. The highest BCUT2D eigenvalue weighted by molar-refractivity contribution is 7.89. The zero-order chi connectivity index (χ0) is 14.8. The molecular weight excluding hydrogens is 288 g/mol. The summed E-state index contributed by atoms with van der Waals surface area (Å²) in [4.78, 5) is 5.78. The van der Waals surface area contributed by atoms with Crippen LogP contribution in [0.25, 0.3) is 0 Å².